The van der Waals surface area contributed by atoms with Crippen molar-refractivity contribution in [2.75, 3.05) is 11.5 Å². The van der Waals surface area contributed by atoms with Crippen molar-refractivity contribution in [3.63, 3.8) is 0 Å². The molecular weight excluding hydrogens is 444 g/mol. The summed E-state index contributed by atoms with van der Waals surface area (Å²) in [5.74, 6) is -3.84. The summed E-state index contributed by atoms with van der Waals surface area (Å²) in [5, 5.41) is 21.2. The maximum atomic E-state index is 14.7. The number of hydrogen-bond donors (Lipinski definition) is 2. The molecule has 1 atom stereocenters. The molecule has 8 heteroatoms. The molecule has 2 aliphatic rings. The van der Waals surface area contributed by atoms with Gasteiger partial charge in [-0.2, -0.15) is 0 Å². The van der Waals surface area contributed by atoms with Crippen LogP contribution in [0, 0.1) is 11.6 Å². The lowest BCUT2D eigenvalue weighted by Gasteiger charge is -2.26. The van der Waals surface area contributed by atoms with Gasteiger partial charge in [-0.1, -0.05) is 12.1 Å². The number of amides is 1. The molecule has 2 N–H and O–H groups in total. The van der Waals surface area contributed by atoms with Gasteiger partial charge in [-0.25, -0.2) is 8.78 Å². The molecule has 34 heavy (non-hydrogen) atoms. The van der Waals surface area contributed by atoms with Crippen molar-refractivity contribution in [2.24, 2.45) is 0 Å². The molecular formula is C26H19F2NO5. The minimum atomic E-state index is -1.30. The molecule has 1 fully saturated rings. The summed E-state index contributed by atoms with van der Waals surface area (Å²) in [6.45, 7) is 0.583. The Morgan fingerprint density at radius 3 is 2.65 bits per heavy atom. The molecule has 6 nitrogen and oxygen atoms in total. The number of rotatable bonds is 3. The monoisotopic (exact) mass is 463 g/mol. The average molecular weight is 463 g/mol. The molecule has 0 bridgehead atoms. The fraction of sp³-hybridized carbons (Fsp3) is 0.154. The number of halogens is 2. The second-order valence-electron chi connectivity index (χ2n) is 8.13. The number of ketones is 1. The van der Waals surface area contributed by atoms with Gasteiger partial charge in [-0.05, 0) is 66.4 Å². The largest absolute Gasteiger partial charge is 0.508 e. The van der Waals surface area contributed by atoms with E-state index in [1.165, 1.54) is 24.3 Å². The highest BCUT2D eigenvalue weighted by molar-refractivity contribution is 6.51. The number of benzene rings is 3. The first-order valence-electron chi connectivity index (χ1n) is 10.7. The summed E-state index contributed by atoms with van der Waals surface area (Å²) in [5.41, 5.74) is 0.622. The number of phenols is 1. The van der Waals surface area contributed by atoms with E-state index < -0.39 is 40.8 Å². The Morgan fingerprint density at radius 1 is 1.03 bits per heavy atom. The number of nitrogens with zero attached hydrogens (tertiary/aromatic N) is 1. The van der Waals surface area contributed by atoms with E-state index in [-0.39, 0.29) is 22.4 Å². The number of ether oxygens (including phenoxy) is 1. The Kier molecular flexibility index (Phi) is 5.28. The van der Waals surface area contributed by atoms with Gasteiger partial charge < -0.3 is 14.9 Å². The molecule has 0 aliphatic carbocycles. The van der Waals surface area contributed by atoms with Gasteiger partial charge in [0.25, 0.3) is 11.7 Å². The second kappa shape index (κ2) is 8.30. The van der Waals surface area contributed by atoms with E-state index in [4.69, 9.17) is 4.74 Å². The molecule has 2 heterocycles. The van der Waals surface area contributed by atoms with Crippen LogP contribution in [0.4, 0.5) is 14.5 Å². The maximum absolute atomic E-state index is 14.7. The van der Waals surface area contributed by atoms with E-state index in [1.807, 2.05) is 0 Å². The number of anilines is 1. The van der Waals surface area contributed by atoms with Crippen LogP contribution in [0.3, 0.4) is 0 Å². The number of carbonyl (C=O) groups excluding carboxylic acids is 2. The van der Waals surface area contributed by atoms with E-state index in [9.17, 15) is 28.6 Å². The summed E-state index contributed by atoms with van der Waals surface area (Å²) in [6, 6.07) is 11.9. The molecule has 1 amide bonds. The lowest BCUT2D eigenvalue weighted by Crippen LogP contribution is -2.30. The number of aliphatic hydroxyl groups is 1. The predicted molar refractivity (Wildman–Crippen MR) is 120 cm³/mol. The van der Waals surface area contributed by atoms with Crippen molar-refractivity contribution in [1.82, 2.24) is 0 Å². The molecule has 3 aromatic carbocycles. The summed E-state index contributed by atoms with van der Waals surface area (Å²) in [6.07, 6.45) is 1.51. The zero-order valence-corrected chi connectivity index (χ0v) is 17.8. The van der Waals surface area contributed by atoms with Gasteiger partial charge in [0.05, 0.1) is 23.9 Å². The molecule has 1 unspecified atom stereocenters. The first kappa shape index (κ1) is 21.6. The van der Waals surface area contributed by atoms with E-state index in [2.05, 4.69) is 0 Å². The molecule has 1 saturated heterocycles. The predicted octanol–water partition coefficient (Wildman–Crippen LogP) is 4.62. The molecule has 0 aromatic heterocycles. The molecule has 2 aliphatic heterocycles. The van der Waals surface area contributed by atoms with E-state index in [0.29, 0.717) is 12.4 Å². The molecule has 5 rings (SSSR count). The number of fused-ring (bicyclic) bond motifs is 1. The van der Waals surface area contributed by atoms with Crippen LogP contribution < -0.4 is 9.64 Å². The van der Waals surface area contributed by atoms with Gasteiger partial charge in [0.1, 0.15) is 28.9 Å². The first-order valence-corrected chi connectivity index (χ1v) is 10.7. The number of carbonyl (C=O) groups is 2. The Balaban J connectivity index is 1.73. The first-order chi connectivity index (χ1) is 16.3. The summed E-state index contributed by atoms with van der Waals surface area (Å²) >= 11 is 0. The Hall–Kier alpha value is -4.20. The molecule has 0 spiro atoms. The number of Topliss-reactive ketones (excluding diaryl/α,β-unsaturated/α-hetero) is 1. The van der Waals surface area contributed by atoms with Gasteiger partial charge >= 0.3 is 0 Å². The van der Waals surface area contributed by atoms with Crippen LogP contribution in [0.5, 0.6) is 11.5 Å². The van der Waals surface area contributed by atoms with Crippen molar-refractivity contribution < 1.29 is 33.3 Å². The molecule has 0 radical (unpaired) electrons. The standard InChI is InChI=1S/C26H19F2NO5/c27-17-7-8-19(28)20(13-17)29-23(15-3-1-5-18(30)12-15)22(25(32)26(29)33)24(31)16-6-9-21-14(11-16)4-2-10-34-21/h1,3,5-9,11-13,23,30-31H,2,4,10H2/b24-22-. The lowest BCUT2D eigenvalue weighted by molar-refractivity contribution is -0.132. The van der Waals surface area contributed by atoms with E-state index in [0.717, 1.165) is 41.5 Å². The average Bonchev–Trinajstić information content (AvgIpc) is 3.10. The molecule has 172 valence electrons. The number of hydrogen-bond acceptors (Lipinski definition) is 5. The van der Waals surface area contributed by atoms with Crippen LogP contribution >= 0.6 is 0 Å². The van der Waals surface area contributed by atoms with Crippen LogP contribution in [-0.2, 0) is 16.0 Å². The number of aliphatic hydroxyl groups excluding tert-OH is 1. The maximum Gasteiger partial charge on any atom is 0.300 e. The van der Waals surface area contributed by atoms with Crippen LogP contribution in [0.1, 0.15) is 29.2 Å². The van der Waals surface area contributed by atoms with Crippen LogP contribution in [0.15, 0.2) is 66.2 Å². The molecule has 0 saturated carbocycles. The zero-order chi connectivity index (χ0) is 24.0. The van der Waals surface area contributed by atoms with Crippen molar-refractivity contribution in [3.05, 3.63) is 94.6 Å². The van der Waals surface area contributed by atoms with Gasteiger partial charge in [0.2, 0.25) is 0 Å². The Bertz CT molecular complexity index is 1370. The highest BCUT2D eigenvalue weighted by atomic mass is 19.1. The summed E-state index contributed by atoms with van der Waals surface area (Å²) in [4.78, 5) is 27.0. The van der Waals surface area contributed by atoms with E-state index in [1.54, 1.807) is 18.2 Å². The molecule has 3 aromatic rings. The number of aryl methyl sites for hydroxylation is 1. The lowest BCUT2D eigenvalue weighted by atomic mass is 9.93. The van der Waals surface area contributed by atoms with Crippen LogP contribution in [0.2, 0.25) is 0 Å². The van der Waals surface area contributed by atoms with Gasteiger partial charge in [-0.3, -0.25) is 14.5 Å². The van der Waals surface area contributed by atoms with Gasteiger partial charge in [-0.15, -0.1) is 0 Å². The van der Waals surface area contributed by atoms with Crippen molar-refractivity contribution in [3.8, 4) is 11.5 Å². The number of phenolic OH excluding ortho intramolecular Hbond substituents is 1. The quantitative estimate of drug-likeness (QED) is 0.336. The zero-order valence-electron chi connectivity index (χ0n) is 17.8. The highest BCUT2D eigenvalue weighted by Crippen LogP contribution is 2.44. The minimum absolute atomic E-state index is 0.159. The van der Waals surface area contributed by atoms with Crippen molar-refractivity contribution in [1.29, 1.82) is 0 Å². The summed E-state index contributed by atoms with van der Waals surface area (Å²) < 4.78 is 34.3. The van der Waals surface area contributed by atoms with E-state index >= 15 is 0 Å². The van der Waals surface area contributed by atoms with Crippen LogP contribution in [-0.4, -0.2) is 28.5 Å². The SMILES string of the molecule is O=C1C(=O)N(c2cc(F)ccc2F)C(c2cccc(O)c2)/C1=C(/O)c1ccc2c(c1)CCCO2. The summed E-state index contributed by atoms with van der Waals surface area (Å²) in [7, 11) is 0. The third-order valence-corrected chi connectivity index (χ3v) is 5.98. The van der Waals surface area contributed by atoms with Crippen molar-refractivity contribution in [2.45, 2.75) is 18.9 Å². The second-order valence-corrected chi connectivity index (χ2v) is 8.13. The third kappa shape index (κ3) is 3.57. The third-order valence-electron chi connectivity index (χ3n) is 5.98. The Labute approximate surface area is 193 Å². The van der Waals surface area contributed by atoms with Crippen LogP contribution in [0.25, 0.3) is 5.76 Å². The normalized spacial score (nSPS) is 19.1. The number of aromatic hydroxyl groups is 1. The fourth-order valence-corrected chi connectivity index (χ4v) is 4.42. The van der Waals surface area contributed by atoms with Gasteiger partial charge in [0, 0.05) is 11.6 Å². The fourth-order valence-electron chi connectivity index (χ4n) is 4.42. The van der Waals surface area contributed by atoms with Gasteiger partial charge in [0.15, 0.2) is 0 Å². The highest BCUT2D eigenvalue weighted by Gasteiger charge is 2.48. The Morgan fingerprint density at radius 2 is 1.85 bits per heavy atom. The minimum Gasteiger partial charge on any atom is -0.508 e. The smallest absolute Gasteiger partial charge is 0.300 e. The van der Waals surface area contributed by atoms with Crippen molar-refractivity contribution >= 4 is 23.1 Å². The topological polar surface area (TPSA) is 87.1 Å².